The van der Waals surface area contributed by atoms with Crippen LogP contribution in [-0.4, -0.2) is 18.5 Å². The molecule has 3 N–H and O–H groups in total. The van der Waals surface area contributed by atoms with Gasteiger partial charge in [0.05, 0.1) is 10.0 Å². The Labute approximate surface area is 142 Å². The van der Waals surface area contributed by atoms with Crippen LogP contribution >= 0.6 is 23.2 Å². The standard InChI is InChI=1S/C15H13Cl2N3O3/c16-12-7-6-10(8-13(12)17)18-15(22)20-19-14(21)9-23-11-4-2-1-3-5-11/h1-8H,9H2,(H,19,21)(H2,18,20,22). The van der Waals surface area contributed by atoms with Gasteiger partial charge in [0.2, 0.25) is 0 Å². The zero-order valence-electron chi connectivity index (χ0n) is 11.8. The second kappa shape index (κ2) is 8.26. The highest BCUT2D eigenvalue weighted by atomic mass is 35.5. The van der Waals surface area contributed by atoms with E-state index in [0.717, 1.165) is 0 Å². The van der Waals surface area contributed by atoms with Crippen molar-refractivity contribution in [1.29, 1.82) is 0 Å². The van der Waals surface area contributed by atoms with Crippen LogP contribution in [0.1, 0.15) is 0 Å². The Morgan fingerprint density at radius 1 is 0.957 bits per heavy atom. The van der Waals surface area contributed by atoms with Crippen molar-refractivity contribution >= 4 is 40.8 Å². The first kappa shape index (κ1) is 16.9. The Balaban J connectivity index is 1.73. The summed E-state index contributed by atoms with van der Waals surface area (Å²) in [6.45, 7) is -0.225. The highest BCUT2D eigenvalue weighted by molar-refractivity contribution is 6.42. The molecule has 2 rings (SSSR count). The Hall–Kier alpha value is -2.44. The lowest BCUT2D eigenvalue weighted by molar-refractivity contribution is -0.123. The fourth-order valence-corrected chi connectivity index (χ4v) is 1.86. The molecule has 120 valence electrons. The number of carbonyl (C=O) groups is 2. The van der Waals surface area contributed by atoms with Crippen molar-refractivity contribution in [2.45, 2.75) is 0 Å². The molecule has 0 aliphatic heterocycles. The Bertz CT molecular complexity index is 696. The number of ether oxygens (including phenoxy) is 1. The predicted octanol–water partition coefficient (Wildman–Crippen LogP) is 3.23. The lowest BCUT2D eigenvalue weighted by Crippen LogP contribution is -2.45. The van der Waals surface area contributed by atoms with Gasteiger partial charge in [-0.15, -0.1) is 0 Å². The molecule has 0 aromatic heterocycles. The molecule has 0 aliphatic carbocycles. The second-order valence-corrected chi connectivity index (χ2v) is 5.17. The van der Waals surface area contributed by atoms with E-state index in [0.29, 0.717) is 21.5 Å². The Kier molecular flexibility index (Phi) is 6.08. The summed E-state index contributed by atoms with van der Waals surface area (Å²) in [4.78, 5) is 23.2. The van der Waals surface area contributed by atoms with Gasteiger partial charge in [-0.05, 0) is 30.3 Å². The van der Waals surface area contributed by atoms with E-state index in [2.05, 4.69) is 16.2 Å². The van der Waals surface area contributed by atoms with Crippen LogP contribution in [0.15, 0.2) is 48.5 Å². The minimum absolute atomic E-state index is 0.225. The van der Waals surface area contributed by atoms with Crippen molar-refractivity contribution in [3.05, 3.63) is 58.6 Å². The Morgan fingerprint density at radius 3 is 2.39 bits per heavy atom. The zero-order chi connectivity index (χ0) is 16.7. The van der Waals surface area contributed by atoms with Crippen molar-refractivity contribution in [3.8, 4) is 5.75 Å². The smallest absolute Gasteiger partial charge is 0.337 e. The number of para-hydroxylation sites is 1. The van der Waals surface area contributed by atoms with Crippen molar-refractivity contribution in [3.63, 3.8) is 0 Å². The molecule has 0 saturated carbocycles. The number of halogens is 2. The third kappa shape index (κ3) is 5.69. The average molecular weight is 354 g/mol. The van der Waals surface area contributed by atoms with Crippen LogP contribution in [-0.2, 0) is 4.79 Å². The second-order valence-electron chi connectivity index (χ2n) is 4.36. The molecular formula is C15H13Cl2N3O3. The van der Waals surface area contributed by atoms with Gasteiger partial charge in [0, 0.05) is 5.69 Å². The predicted molar refractivity (Wildman–Crippen MR) is 88.7 cm³/mol. The van der Waals surface area contributed by atoms with E-state index in [1.807, 2.05) is 6.07 Å². The fraction of sp³-hybridized carbons (Fsp3) is 0.0667. The van der Waals surface area contributed by atoms with Gasteiger partial charge in [-0.3, -0.25) is 10.2 Å². The van der Waals surface area contributed by atoms with Crippen LogP contribution in [0.4, 0.5) is 10.5 Å². The molecular weight excluding hydrogens is 341 g/mol. The summed E-state index contributed by atoms with van der Waals surface area (Å²) in [7, 11) is 0. The maximum Gasteiger partial charge on any atom is 0.337 e. The van der Waals surface area contributed by atoms with E-state index in [1.54, 1.807) is 36.4 Å². The number of rotatable bonds is 4. The summed E-state index contributed by atoms with van der Waals surface area (Å²) in [5.74, 6) is 0.0565. The van der Waals surface area contributed by atoms with E-state index in [1.165, 1.54) is 6.07 Å². The molecule has 23 heavy (non-hydrogen) atoms. The van der Waals surface area contributed by atoms with Crippen molar-refractivity contribution in [1.82, 2.24) is 10.9 Å². The Morgan fingerprint density at radius 2 is 1.70 bits per heavy atom. The number of benzene rings is 2. The number of hydrogen-bond acceptors (Lipinski definition) is 3. The summed E-state index contributed by atoms with van der Waals surface area (Å²) < 4.78 is 5.23. The first-order valence-electron chi connectivity index (χ1n) is 6.53. The molecule has 0 fully saturated rings. The molecule has 0 bridgehead atoms. The molecule has 0 radical (unpaired) electrons. The van der Waals surface area contributed by atoms with Crippen LogP contribution in [0.5, 0.6) is 5.75 Å². The highest BCUT2D eigenvalue weighted by Gasteiger charge is 2.07. The van der Waals surface area contributed by atoms with E-state index < -0.39 is 11.9 Å². The normalized spacial score (nSPS) is 9.83. The quantitative estimate of drug-likeness (QED) is 0.738. The van der Waals surface area contributed by atoms with Gasteiger partial charge in [0.1, 0.15) is 5.75 Å². The lowest BCUT2D eigenvalue weighted by Gasteiger charge is -2.10. The minimum Gasteiger partial charge on any atom is -0.484 e. The van der Waals surface area contributed by atoms with E-state index in [9.17, 15) is 9.59 Å². The first-order valence-corrected chi connectivity index (χ1v) is 7.29. The van der Waals surface area contributed by atoms with Crippen molar-refractivity contribution in [2.75, 3.05) is 11.9 Å². The third-order valence-corrected chi connectivity index (χ3v) is 3.35. The topological polar surface area (TPSA) is 79.5 Å². The number of anilines is 1. The maximum absolute atomic E-state index is 11.6. The monoisotopic (exact) mass is 353 g/mol. The average Bonchev–Trinajstić information content (AvgIpc) is 2.55. The van der Waals surface area contributed by atoms with Crippen LogP contribution in [0.25, 0.3) is 0 Å². The molecule has 6 nitrogen and oxygen atoms in total. The summed E-state index contributed by atoms with van der Waals surface area (Å²) >= 11 is 11.6. The number of hydrogen-bond donors (Lipinski definition) is 3. The van der Waals surface area contributed by atoms with Crippen LogP contribution in [0, 0.1) is 0 Å². The molecule has 2 aromatic carbocycles. The number of carbonyl (C=O) groups excluding carboxylic acids is 2. The van der Waals surface area contributed by atoms with E-state index in [-0.39, 0.29) is 6.61 Å². The van der Waals surface area contributed by atoms with E-state index in [4.69, 9.17) is 27.9 Å². The van der Waals surface area contributed by atoms with Gasteiger partial charge in [-0.2, -0.15) is 0 Å². The molecule has 0 saturated heterocycles. The molecule has 0 heterocycles. The molecule has 2 aromatic rings. The molecule has 8 heteroatoms. The van der Waals surface area contributed by atoms with Crippen LogP contribution in [0.3, 0.4) is 0 Å². The fourth-order valence-electron chi connectivity index (χ4n) is 1.56. The minimum atomic E-state index is -0.628. The van der Waals surface area contributed by atoms with Crippen LogP contribution < -0.4 is 20.9 Å². The van der Waals surface area contributed by atoms with Gasteiger partial charge >= 0.3 is 6.03 Å². The third-order valence-electron chi connectivity index (χ3n) is 2.61. The molecule has 0 atom stereocenters. The van der Waals surface area contributed by atoms with Gasteiger partial charge in [0.25, 0.3) is 5.91 Å². The lowest BCUT2D eigenvalue weighted by atomic mass is 10.3. The highest BCUT2D eigenvalue weighted by Crippen LogP contribution is 2.24. The summed E-state index contributed by atoms with van der Waals surface area (Å²) in [6, 6.07) is 12.8. The maximum atomic E-state index is 11.6. The summed E-state index contributed by atoms with van der Waals surface area (Å²) in [5, 5.41) is 3.18. The van der Waals surface area contributed by atoms with Crippen LogP contribution in [0.2, 0.25) is 10.0 Å². The molecule has 0 unspecified atom stereocenters. The molecule has 0 spiro atoms. The summed E-state index contributed by atoms with van der Waals surface area (Å²) in [6.07, 6.45) is 0. The summed E-state index contributed by atoms with van der Waals surface area (Å²) in [5.41, 5.74) is 4.85. The van der Waals surface area contributed by atoms with E-state index >= 15 is 0 Å². The number of amides is 3. The number of urea groups is 1. The van der Waals surface area contributed by atoms with Crippen molar-refractivity contribution in [2.24, 2.45) is 0 Å². The first-order chi connectivity index (χ1) is 11.0. The molecule has 0 aliphatic rings. The SMILES string of the molecule is O=C(COc1ccccc1)NNC(=O)Nc1ccc(Cl)c(Cl)c1. The van der Waals surface area contributed by atoms with Gasteiger partial charge in [0.15, 0.2) is 6.61 Å². The number of nitrogens with one attached hydrogen (secondary N) is 3. The largest absolute Gasteiger partial charge is 0.484 e. The zero-order valence-corrected chi connectivity index (χ0v) is 13.3. The number of hydrazine groups is 1. The van der Waals surface area contributed by atoms with Crippen molar-refractivity contribution < 1.29 is 14.3 Å². The van der Waals surface area contributed by atoms with Gasteiger partial charge < -0.3 is 10.1 Å². The molecule has 3 amide bonds. The van der Waals surface area contributed by atoms with Gasteiger partial charge in [-0.1, -0.05) is 41.4 Å². The van der Waals surface area contributed by atoms with Gasteiger partial charge in [-0.25, -0.2) is 10.2 Å².